The topological polar surface area (TPSA) is 38.8 Å². The summed E-state index contributed by atoms with van der Waals surface area (Å²) in [7, 11) is 0. The number of nitrogens with one attached hydrogen (secondary N) is 1. The van der Waals surface area contributed by atoms with E-state index in [1.54, 1.807) is 0 Å². The Labute approximate surface area is 167 Å². The third kappa shape index (κ3) is 4.65. The predicted octanol–water partition coefficient (Wildman–Crippen LogP) is 3.10. The lowest BCUT2D eigenvalue weighted by Crippen LogP contribution is -2.53. The molecule has 2 aliphatic rings. The Morgan fingerprint density at radius 3 is 2.54 bits per heavy atom. The molecule has 0 aliphatic carbocycles. The van der Waals surface area contributed by atoms with Gasteiger partial charge in [-0.25, -0.2) is 4.79 Å². The van der Waals surface area contributed by atoms with Crippen molar-refractivity contribution >= 4 is 11.7 Å². The molecular weight excluding hydrogens is 348 g/mol. The van der Waals surface area contributed by atoms with Gasteiger partial charge < -0.3 is 15.1 Å². The van der Waals surface area contributed by atoms with Crippen LogP contribution in [0, 0.1) is 6.92 Å². The number of para-hydroxylation sites is 1. The zero-order valence-corrected chi connectivity index (χ0v) is 16.7. The van der Waals surface area contributed by atoms with E-state index in [1.807, 2.05) is 11.0 Å². The Morgan fingerprint density at radius 1 is 1.00 bits per heavy atom. The normalized spacial score (nSPS) is 20.4. The number of amides is 2. The predicted molar refractivity (Wildman–Crippen MR) is 114 cm³/mol. The molecule has 2 heterocycles. The maximum absolute atomic E-state index is 12.7. The highest BCUT2D eigenvalue weighted by molar-refractivity contribution is 5.75. The van der Waals surface area contributed by atoms with Crippen molar-refractivity contribution in [2.24, 2.45) is 0 Å². The van der Waals surface area contributed by atoms with Gasteiger partial charge in [0.05, 0.1) is 0 Å². The molecule has 1 unspecified atom stereocenters. The molecule has 4 rings (SSSR count). The number of carbonyl (C=O) groups excluding carboxylic acids is 1. The summed E-state index contributed by atoms with van der Waals surface area (Å²) in [6.07, 6.45) is 1.01. The first-order chi connectivity index (χ1) is 13.7. The molecule has 2 aliphatic heterocycles. The van der Waals surface area contributed by atoms with E-state index in [2.05, 4.69) is 70.6 Å². The molecule has 5 nitrogen and oxygen atoms in total. The minimum absolute atomic E-state index is 0.0927. The number of aryl methyl sites for hydroxylation is 1. The van der Waals surface area contributed by atoms with E-state index in [0.29, 0.717) is 0 Å². The van der Waals surface area contributed by atoms with E-state index < -0.39 is 0 Å². The van der Waals surface area contributed by atoms with E-state index >= 15 is 0 Å². The van der Waals surface area contributed by atoms with Gasteiger partial charge in [-0.05, 0) is 31.0 Å². The van der Waals surface area contributed by atoms with Crippen LogP contribution in [0.4, 0.5) is 10.5 Å². The fraction of sp³-hybridized carbons (Fsp3) is 0.435. The van der Waals surface area contributed by atoms with Gasteiger partial charge in [-0.15, -0.1) is 0 Å². The number of carbonyl (C=O) groups is 1. The average Bonchev–Trinajstić information content (AvgIpc) is 3.18. The van der Waals surface area contributed by atoms with Gasteiger partial charge in [-0.1, -0.05) is 48.0 Å². The van der Waals surface area contributed by atoms with Gasteiger partial charge in [-0.2, -0.15) is 0 Å². The van der Waals surface area contributed by atoms with Crippen molar-refractivity contribution in [1.82, 2.24) is 15.1 Å². The van der Waals surface area contributed by atoms with E-state index in [0.717, 1.165) is 52.2 Å². The van der Waals surface area contributed by atoms with Crippen LogP contribution in [0.5, 0.6) is 0 Å². The van der Waals surface area contributed by atoms with Crippen LogP contribution in [0.1, 0.15) is 17.5 Å². The van der Waals surface area contributed by atoms with Crippen molar-refractivity contribution in [3.05, 3.63) is 65.7 Å². The van der Waals surface area contributed by atoms with E-state index in [-0.39, 0.29) is 12.1 Å². The number of hydrogen-bond donors (Lipinski definition) is 1. The summed E-state index contributed by atoms with van der Waals surface area (Å²) in [6.45, 7) is 8.45. The van der Waals surface area contributed by atoms with Crippen molar-refractivity contribution in [2.75, 3.05) is 44.2 Å². The maximum Gasteiger partial charge on any atom is 0.317 e. The molecule has 2 aromatic rings. The summed E-state index contributed by atoms with van der Waals surface area (Å²) in [5, 5.41) is 3.25. The summed E-state index contributed by atoms with van der Waals surface area (Å²) in [6, 6.07) is 19.5. The molecule has 148 valence electrons. The minimum atomic E-state index is 0.0927. The van der Waals surface area contributed by atoms with Crippen LogP contribution in [0.3, 0.4) is 0 Å². The van der Waals surface area contributed by atoms with Crippen LogP contribution in [-0.4, -0.2) is 61.1 Å². The molecule has 2 saturated heterocycles. The number of hydrogen-bond acceptors (Lipinski definition) is 3. The molecule has 0 bridgehead atoms. The Balaban J connectivity index is 1.22. The van der Waals surface area contributed by atoms with Crippen molar-refractivity contribution in [3.63, 3.8) is 0 Å². The SMILES string of the molecule is Cc1cccc(CN2CCN(C(=O)NC3CCN(c4ccccc4)C3)CC2)c1. The van der Waals surface area contributed by atoms with Gasteiger partial charge in [0, 0.05) is 57.5 Å². The van der Waals surface area contributed by atoms with Gasteiger partial charge in [-0.3, -0.25) is 4.90 Å². The van der Waals surface area contributed by atoms with Gasteiger partial charge >= 0.3 is 6.03 Å². The van der Waals surface area contributed by atoms with Crippen LogP contribution in [0.15, 0.2) is 54.6 Å². The molecule has 2 amide bonds. The Kier molecular flexibility index (Phi) is 5.81. The Hall–Kier alpha value is -2.53. The fourth-order valence-electron chi connectivity index (χ4n) is 4.20. The molecule has 5 heteroatoms. The standard InChI is InChI=1S/C23H30N4O/c1-19-6-5-7-20(16-19)17-25-12-14-26(15-13-25)23(28)24-21-10-11-27(18-21)22-8-3-2-4-9-22/h2-9,16,21H,10-15,17-18H2,1H3,(H,24,28). The first-order valence-electron chi connectivity index (χ1n) is 10.3. The van der Waals surface area contributed by atoms with Crippen molar-refractivity contribution in [2.45, 2.75) is 25.9 Å². The molecule has 0 radical (unpaired) electrons. The Morgan fingerprint density at radius 2 is 1.79 bits per heavy atom. The van der Waals surface area contributed by atoms with Crippen molar-refractivity contribution in [3.8, 4) is 0 Å². The number of piperazine rings is 1. The highest BCUT2D eigenvalue weighted by atomic mass is 16.2. The average molecular weight is 379 g/mol. The molecule has 0 aromatic heterocycles. The zero-order chi connectivity index (χ0) is 19.3. The largest absolute Gasteiger partial charge is 0.369 e. The highest BCUT2D eigenvalue weighted by Crippen LogP contribution is 2.20. The maximum atomic E-state index is 12.7. The van der Waals surface area contributed by atoms with Crippen LogP contribution in [0.2, 0.25) is 0 Å². The first kappa shape index (κ1) is 18.8. The monoisotopic (exact) mass is 378 g/mol. The molecule has 2 fully saturated rings. The number of rotatable bonds is 4. The van der Waals surface area contributed by atoms with Gasteiger partial charge in [0.1, 0.15) is 0 Å². The molecule has 2 aromatic carbocycles. The lowest BCUT2D eigenvalue weighted by atomic mass is 10.1. The van der Waals surface area contributed by atoms with Crippen LogP contribution < -0.4 is 10.2 Å². The van der Waals surface area contributed by atoms with E-state index in [9.17, 15) is 4.79 Å². The van der Waals surface area contributed by atoms with Crippen LogP contribution in [-0.2, 0) is 6.54 Å². The first-order valence-corrected chi connectivity index (χ1v) is 10.3. The summed E-state index contributed by atoms with van der Waals surface area (Å²) in [5.41, 5.74) is 3.89. The van der Waals surface area contributed by atoms with E-state index in [1.165, 1.54) is 16.8 Å². The fourth-order valence-corrected chi connectivity index (χ4v) is 4.20. The number of urea groups is 1. The molecule has 1 N–H and O–H groups in total. The second-order valence-corrected chi connectivity index (χ2v) is 7.97. The van der Waals surface area contributed by atoms with Crippen LogP contribution in [0.25, 0.3) is 0 Å². The number of benzene rings is 2. The molecular formula is C23H30N4O. The smallest absolute Gasteiger partial charge is 0.317 e. The third-order valence-corrected chi connectivity index (χ3v) is 5.79. The lowest BCUT2D eigenvalue weighted by Gasteiger charge is -2.35. The minimum Gasteiger partial charge on any atom is -0.369 e. The Bertz CT molecular complexity index is 786. The summed E-state index contributed by atoms with van der Waals surface area (Å²) in [5.74, 6) is 0. The van der Waals surface area contributed by atoms with Gasteiger partial charge in [0.15, 0.2) is 0 Å². The van der Waals surface area contributed by atoms with Crippen molar-refractivity contribution < 1.29 is 4.79 Å². The summed E-state index contributed by atoms with van der Waals surface area (Å²) >= 11 is 0. The second kappa shape index (κ2) is 8.65. The zero-order valence-electron chi connectivity index (χ0n) is 16.7. The van der Waals surface area contributed by atoms with Crippen LogP contribution >= 0.6 is 0 Å². The van der Waals surface area contributed by atoms with E-state index in [4.69, 9.17) is 0 Å². The molecule has 1 atom stereocenters. The quantitative estimate of drug-likeness (QED) is 0.889. The molecule has 0 saturated carbocycles. The number of anilines is 1. The highest BCUT2D eigenvalue weighted by Gasteiger charge is 2.27. The third-order valence-electron chi connectivity index (χ3n) is 5.79. The number of nitrogens with zero attached hydrogens (tertiary/aromatic N) is 3. The second-order valence-electron chi connectivity index (χ2n) is 7.97. The van der Waals surface area contributed by atoms with Gasteiger partial charge in [0.2, 0.25) is 0 Å². The summed E-state index contributed by atoms with van der Waals surface area (Å²) < 4.78 is 0. The molecule has 28 heavy (non-hydrogen) atoms. The van der Waals surface area contributed by atoms with Crippen molar-refractivity contribution in [1.29, 1.82) is 0 Å². The molecule has 0 spiro atoms. The van der Waals surface area contributed by atoms with Gasteiger partial charge in [0.25, 0.3) is 0 Å². The summed E-state index contributed by atoms with van der Waals surface area (Å²) in [4.78, 5) is 19.4. The lowest BCUT2D eigenvalue weighted by molar-refractivity contribution is 0.133.